The van der Waals surface area contributed by atoms with Crippen molar-refractivity contribution in [1.29, 1.82) is 0 Å². The average Bonchev–Trinajstić information content (AvgIpc) is 2.47. The van der Waals surface area contributed by atoms with Crippen molar-refractivity contribution < 1.29 is 13.2 Å². The van der Waals surface area contributed by atoms with Crippen molar-refractivity contribution in [3.8, 4) is 0 Å². The van der Waals surface area contributed by atoms with E-state index in [1.54, 1.807) is 23.2 Å². The zero-order chi connectivity index (χ0) is 16.2. The summed E-state index contributed by atoms with van der Waals surface area (Å²) in [6.45, 7) is 1.53. The number of likely N-dealkylation sites (tertiary alicyclic amines) is 1. The Labute approximate surface area is 130 Å². The Morgan fingerprint density at radius 1 is 1.41 bits per heavy atom. The maximum absolute atomic E-state index is 12.3. The van der Waals surface area contributed by atoms with Crippen LogP contribution in [0.4, 0.5) is 0 Å². The number of hydrogen-bond donors (Lipinski definition) is 1. The van der Waals surface area contributed by atoms with E-state index in [9.17, 15) is 18.0 Å². The summed E-state index contributed by atoms with van der Waals surface area (Å²) in [6, 6.07) is 4.77. The summed E-state index contributed by atoms with van der Waals surface area (Å²) < 4.78 is 26.1. The maximum Gasteiger partial charge on any atom is 0.250 e. The van der Waals surface area contributed by atoms with Gasteiger partial charge in [0.2, 0.25) is 15.9 Å². The highest BCUT2D eigenvalue weighted by Crippen LogP contribution is 2.16. The molecule has 1 N–H and O–H groups in total. The molecule has 8 heteroatoms. The molecule has 1 amide bonds. The molecule has 0 radical (unpaired) electrons. The van der Waals surface area contributed by atoms with Crippen LogP contribution in [0.5, 0.6) is 0 Å². The lowest BCUT2D eigenvalue weighted by atomic mass is 9.98. The van der Waals surface area contributed by atoms with Gasteiger partial charge in [0.15, 0.2) is 0 Å². The minimum Gasteiger partial charge on any atom is -0.341 e. The van der Waals surface area contributed by atoms with Gasteiger partial charge in [0.25, 0.3) is 5.56 Å². The highest BCUT2D eigenvalue weighted by Gasteiger charge is 2.24. The second-order valence-electron chi connectivity index (χ2n) is 5.64. The van der Waals surface area contributed by atoms with Crippen molar-refractivity contribution in [2.45, 2.75) is 19.4 Å². The number of pyridine rings is 1. The Morgan fingerprint density at radius 3 is 2.86 bits per heavy atom. The average molecular weight is 327 g/mol. The number of hydrogen-bond acceptors (Lipinski definition) is 4. The molecule has 1 aromatic rings. The number of piperidine rings is 1. The molecule has 7 nitrogen and oxygen atoms in total. The highest BCUT2D eigenvalue weighted by molar-refractivity contribution is 7.88. The standard InChI is InChI=1S/C14H21N3O4S/c1-22(20,21)15-9-12-5-4-8-16(10-12)14(19)11-17-7-3-2-6-13(17)18/h2-3,6-7,12,15H,4-5,8-11H2,1H3/t12-/m0/s1. The molecule has 0 aliphatic carbocycles. The summed E-state index contributed by atoms with van der Waals surface area (Å²) in [5, 5.41) is 0. The second kappa shape index (κ2) is 7.06. The van der Waals surface area contributed by atoms with Crippen LogP contribution in [-0.2, 0) is 21.4 Å². The van der Waals surface area contributed by atoms with Crippen molar-refractivity contribution in [2.75, 3.05) is 25.9 Å². The quantitative estimate of drug-likeness (QED) is 0.800. The van der Waals surface area contributed by atoms with Crippen molar-refractivity contribution in [2.24, 2.45) is 5.92 Å². The molecule has 0 saturated carbocycles. The predicted molar refractivity (Wildman–Crippen MR) is 82.9 cm³/mol. The van der Waals surface area contributed by atoms with Crippen LogP contribution in [0.15, 0.2) is 29.2 Å². The van der Waals surface area contributed by atoms with Gasteiger partial charge in [-0.05, 0) is 24.8 Å². The Balaban J connectivity index is 1.93. The minimum absolute atomic E-state index is 0.0197. The largest absolute Gasteiger partial charge is 0.341 e. The van der Waals surface area contributed by atoms with Crippen molar-refractivity contribution >= 4 is 15.9 Å². The topological polar surface area (TPSA) is 88.5 Å². The van der Waals surface area contributed by atoms with Gasteiger partial charge in [-0.2, -0.15) is 0 Å². The minimum atomic E-state index is -3.21. The normalized spacial score (nSPS) is 19.1. The van der Waals surface area contributed by atoms with E-state index in [0.717, 1.165) is 19.1 Å². The van der Waals surface area contributed by atoms with Gasteiger partial charge in [-0.3, -0.25) is 9.59 Å². The van der Waals surface area contributed by atoms with Crippen LogP contribution >= 0.6 is 0 Å². The molecule has 22 heavy (non-hydrogen) atoms. The first-order valence-electron chi connectivity index (χ1n) is 7.23. The summed E-state index contributed by atoms with van der Waals surface area (Å²) in [7, 11) is -3.21. The Morgan fingerprint density at radius 2 is 2.18 bits per heavy atom. The molecule has 2 rings (SSSR count). The molecular weight excluding hydrogens is 306 g/mol. The fraction of sp³-hybridized carbons (Fsp3) is 0.571. The van der Waals surface area contributed by atoms with E-state index in [1.807, 2.05) is 0 Å². The van der Waals surface area contributed by atoms with E-state index in [1.165, 1.54) is 10.6 Å². The van der Waals surface area contributed by atoms with Crippen LogP contribution < -0.4 is 10.3 Å². The van der Waals surface area contributed by atoms with Crippen LogP contribution in [0.1, 0.15) is 12.8 Å². The monoisotopic (exact) mass is 327 g/mol. The SMILES string of the molecule is CS(=O)(=O)NC[C@@H]1CCCN(C(=O)Cn2ccccc2=O)C1. The summed E-state index contributed by atoms with van der Waals surface area (Å²) in [5.74, 6) is -0.00252. The maximum atomic E-state index is 12.3. The second-order valence-corrected chi connectivity index (χ2v) is 7.47. The first-order valence-corrected chi connectivity index (χ1v) is 9.12. The van der Waals surface area contributed by atoms with E-state index >= 15 is 0 Å². The lowest BCUT2D eigenvalue weighted by Gasteiger charge is -2.33. The van der Waals surface area contributed by atoms with Gasteiger partial charge in [-0.1, -0.05) is 6.07 Å². The third-order valence-electron chi connectivity index (χ3n) is 3.71. The molecule has 1 aliphatic rings. The lowest BCUT2D eigenvalue weighted by Crippen LogP contribution is -2.45. The van der Waals surface area contributed by atoms with Crippen molar-refractivity contribution in [3.63, 3.8) is 0 Å². The Hall–Kier alpha value is -1.67. The van der Waals surface area contributed by atoms with Crippen LogP contribution in [0.2, 0.25) is 0 Å². The van der Waals surface area contributed by atoms with Gasteiger partial charge >= 0.3 is 0 Å². The fourth-order valence-corrected chi connectivity index (χ4v) is 3.10. The number of amides is 1. The third kappa shape index (κ3) is 4.96. The first kappa shape index (κ1) is 16.7. The summed E-state index contributed by atoms with van der Waals surface area (Å²) in [4.78, 5) is 25.6. The molecule has 1 saturated heterocycles. The Kier molecular flexibility index (Phi) is 5.36. The van der Waals surface area contributed by atoms with E-state index in [-0.39, 0.29) is 23.9 Å². The van der Waals surface area contributed by atoms with Crippen LogP contribution in [0.3, 0.4) is 0 Å². The molecular formula is C14H21N3O4S. The molecule has 1 aliphatic heterocycles. The number of rotatable bonds is 5. The number of aromatic nitrogens is 1. The highest BCUT2D eigenvalue weighted by atomic mass is 32.2. The fourth-order valence-electron chi connectivity index (χ4n) is 2.56. The van der Waals surface area contributed by atoms with Gasteiger partial charge in [0.1, 0.15) is 6.54 Å². The van der Waals surface area contributed by atoms with Gasteiger partial charge in [0, 0.05) is 31.9 Å². The van der Waals surface area contributed by atoms with E-state index in [0.29, 0.717) is 19.6 Å². The molecule has 1 fully saturated rings. The van der Waals surface area contributed by atoms with E-state index in [4.69, 9.17) is 0 Å². The molecule has 0 unspecified atom stereocenters. The van der Waals surface area contributed by atoms with Crippen molar-refractivity contribution in [3.05, 3.63) is 34.7 Å². The lowest BCUT2D eigenvalue weighted by molar-refractivity contribution is -0.133. The zero-order valence-electron chi connectivity index (χ0n) is 12.6. The molecule has 0 aromatic carbocycles. The molecule has 0 spiro atoms. The molecule has 1 atom stereocenters. The van der Waals surface area contributed by atoms with Crippen LogP contribution in [-0.4, -0.2) is 49.7 Å². The predicted octanol–water partition coefficient (Wildman–Crippen LogP) is -0.364. The first-order chi connectivity index (χ1) is 10.3. The third-order valence-corrected chi connectivity index (χ3v) is 4.40. The van der Waals surface area contributed by atoms with E-state index < -0.39 is 10.0 Å². The summed E-state index contributed by atoms with van der Waals surface area (Å²) in [5.41, 5.74) is -0.205. The molecule has 2 heterocycles. The summed E-state index contributed by atoms with van der Waals surface area (Å²) >= 11 is 0. The molecule has 1 aromatic heterocycles. The number of sulfonamides is 1. The number of carbonyl (C=O) groups excluding carboxylic acids is 1. The molecule has 0 bridgehead atoms. The van der Waals surface area contributed by atoms with Gasteiger partial charge in [-0.15, -0.1) is 0 Å². The smallest absolute Gasteiger partial charge is 0.250 e. The van der Waals surface area contributed by atoms with Gasteiger partial charge in [-0.25, -0.2) is 13.1 Å². The molecule has 122 valence electrons. The number of nitrogens with one attached hydrogen (secondary N) is 1. The van der Waals surface area contributed by atoms with Crippen LogP contribution in [0.25, 0.3) is 0 Å². The van der Waals surface area contributed by atoms with E-state index in [2.05, 4.69) is 4.72 Å². The van der Waals surface area contributed by atoms with Crippen molar-refractivity contribution in [1.82, 2.24) is 14.2 Å². The van der Waals surface area contributed by atoms with Gasteiger partial charge in [0.05, 0.1) is 6.26 Å². The van der Waals surface area contributed by atoms with Crippen LogP contribution in [0, 0.1) is 5.92 Å². The number of nitrogens with zero attached hydrogens (tertiary/aromatic N) is 2. The Bertz CT molecular complexity index is 683. The number of carbonyl (C=O) groups is 1. The van der Waals surface area contributed by atoms with Gasteiger partial charge < -0.3 is 9.47 Å². The zero-order valence-corrected chi connectivity index (χ0v) is 13.4. The summed E-state index contributed by atoms with van der Waals surface area (Å²) in [6.07, 6.45) is 4.44.